The summed E-state index contributed by atoms with van der Waals surface area (Å²) >= 11 is 1.68. The summed E-state index contributed by atoms with van der Waals surface area (Å²) in [6.45, 7) is 7.04. The van der Waals surface area contributed by atoms with Crippen molar-refractivity contribution in [1.29, 1.82) is 0 Å². The summed E-state index contributed by atoms with van der Waals surface area (Å²) < 4.78 is 0. The predicted molar refractivity (Wildman–Crippen MR) is 94.4 cm³/mol. The molecule has 2 rings (SSSR count). The van der Waals surface area contributed by atoms with Gasteiger partial charge in [0, 0.05) is 12.2 Å². The molecule has 1 N–H and O–H groups in total. The highest BCUT2D eigenvalue weighted by molar-refractivity contribution is 7.07. The molecule has 0 saturated heterocycles. The van der Waals surface area contributed by atoms with Crippen LogP contribution in [-0.4, -0.2) is 23.9 Å². The highest BCUT2D eigenvalue weighted by atomic mass is 32.1. The smallest absolute Gasteiger partial charge is 0.241 e. The summed E-state index contributed by atoms with van der Waals surface area (Å²) in [7, 11) is 1.98. The quantitative estimate of drug-likeness (QED) is 0.860. The van der Waals surface area contributed by atoms with E-state index in [4.69, 9.17) is 0 Å². The van der Waals surface area contributed by atoms with Gasteiger partial charge in [-0.15, -0.1) is 0 Å². The Morgan fingerprint density at radius 1 is 1.18 bits per heavy atom. The number of amides is 1. The molecule has 1 aromatic heterocycles. The van der Waals surface area contributed by atoms with Crippen LogP contribution in [0.4, 0.5) is 5.69 Å². The first kappa shape index (κ1) is 16.7. The van der Waals surface area contributed by atoms with Crippen LogP contribution < -0.4 is 5.32 Å². The van der Waals surface area contributed by atoms with Crippen molar-refractivity contribution in [1.82, 2.24) is 4.90 Å². The van der Waals surface area contributed by atoms with Crippen LogP contribution in [0.3, 0.4) is 0 Å². The summed E-state index contributed by atoms with van der Waals surface area (Å²) in [5, 5.41) is 7.17. The van der Waals surface area contributed by atoms with Gasteiger partial charge in [-0.3, -0.25) is 9.69 Å². The van der Waals surface area contributed by atoms with Gasteiger partial charge in [-0.2, -0.15) is 11.3 Å². The van der Waals surface area contributed by atoms with Crippen molar-refractivity contribution in [3.8, 4) is 0 Å². The minimum Gasteiger partial charge on any atom is -0.325 e. The third kappa shape index (κ3) is 4.42. The van der Waals surface area contributed by atoms with Gasteiger partial charge in [-0.25, -0.2) is 0 Å². The number of likely N-dealkylation sites (N-methyl/N-ethyl adjacent to an activating group) is 1. The van der Waals surface area contributed by atoms with Crippen LogP contribution in [0.5, 0.6) is 0 Å². The monoisotopic (exact) mass is 316 g/mol. The van der Waals surface area contributed by atoms with E-state index in [2.05, 4.69) is 53.0 Å². The number of carbonyl (C=O) groups excluding carboxylic acids is 1. The number of hydrogen-bond acceptors (Lipinski definition) is 3. The van der Waals surface area contributed by atoms with Crippen molar-refractivity contribution in [3.05, 3.63) is 52.2 Å². The fourth-order valence-corrected chi connectivity index (χ4v) is 2.87. The number of hydrogen-bond donors (Lipinski definition) is 1. The van der Waals surface area contributed by atoms with Crippen LogP contribution >= 0.6 is 11.3 Å². The molecule has 0 spiro atoms. The Kier molecular flexibility index (Phi) is 5.75. The van der Waals surface area contributed by atoms with Gasteiger partial charge >= 0.3 is 0 Å². The predicted octanol–water partition coefficient (Wildman–Crippen LogP) is 4.33. The second kappa shape index (κ2) is 7.56. The van der Waals surface area contributed by atoms with Crippen molar-refractivity contribution in [2.24, 2.45) is 0 Å². The molecule has 1 aromatic carbocycles. The van der Waals surface area contributed by atoms with Gasteiger partial charge in [0.15, 0.2) is 0 Å². The Hall–Kier alpha value is -1.65. The first-order chi connectivity index (χ1) is 10.5. The second-order valence-corrected chi connectivity index (χ2v) is 6.77. The summed E-state index contributed by atoms with van der Waals surface area (Å²) in [6.07, 6.45) is 0. The van der Waals surface area contributed by atoms with Gasteiger partial charge in [0.1, 0.15) is 0 Å². The van der Waals surface area contributed by atoms with Gasteiger partial charge < -0.3 is 5.32 Å². The number of nitrogens with one attached hydrogen (secondary N) is 1. The maximum Gasteiger partial charge on any atom is 0.241 e. The first-order valence-corrected chi connectivity index (χ1v) is 8.53. The molecule has 118 valence electrons. The summed E-state index contributed by atoms with van der Waals surface area (Å²) in [6, 6.07) is 10.00. The molecule has 22 heavy (non-hydrogen) atoms. The van der Waals surface area contributed by atoms with Crippen molar-refractivity contribution in [2.45, 2.75) is 39.3 Å². The highest BCUT2D eigenvalue weighted by Gasteiger charge is 2.18. The average Bonchev–Trinajstić information content (AvgIpc) is 2.99. The fraction of sp³-hybridized carbons (Fsp3) is 0.389. The third-order valence-electron chi connectivity index (χ3n) is 3.90. The summed E-state index contributed by atoms with van der Waals surface area (Å²) in [5.41, 5.74) is 3.37. The lowest BCUT2D eigenvalue weighted by Crippen LogP contribution is -2.39. The molecule has 0 saturated carbocycles. The number of carbonyl (C=O) groups is 1. The van der Waals surface area contributed by atoms with E-state index in [-0.39, 0.29) is 11.9 Å². The molecule has 0 unspecified atom stereocenters. The average molecular weight is 316 g/mol. The van der Waals surface area contributed by atoms with E-state index in [0.29, 0.717) is 5.92 Å². The van der Waals surface area contributed by atoms with Crippen molar-refractivity contribution in [3.63, 3.8) is 0 Å². The van der Waals surface area contributed by atoms with Gasteiger partial charge in [-0.05, 0) is 60.0 Å². The van der Waals surface area contributed by atoms with Gasteiger partial charge in [-0.1, -0.05) is 26.0 Å². The maximum atomic E-state index is 12.4. The van der Waals surface area contributed by atoms with Crippen LogP contribution in [0, 0.1) is 0 Å². The van der Waals surface area contributed by atoms with Gasteiger partial charge in [0.05, 0.1) is 6.04 Å². The zero-order valence-electron chi connectivity index (χ0n) is 13.7. The molecule has 4 heteroatoms. The Morgan fingerprint density at radius 3 is 2.41 bits per heavy atom. The van der Waals surface area contributed by atoms with E-state index in [9.17, 15) is 4.79 Å². The van der Waals surface area contributed by atoms with Gasteiger partial charge in [0.2, 0.25) is 5.91 Å². The molecule has 0 radical (unpaired) electrons. The molecule has 0 bridgehead atoms. The summed E-state index contributed by atoms with van der Waals surface area (Å²) in [5.74, 6) is 0.524. The number of thiophene rings is 1. The molecule has 0 aliphatic heterocycles. The van der Waals surface area contributed by atoms with Crippen LogP contribution in [0.15, 0.2) is 41.1 Å². The molecule has 0 aliphatic rings. The normalized spacial score (nSPS) is 12.6. The molecular weight excluding hydrogens is 292 g/mol. The fourth-order valence-electron chi connectivity index (χ4n) is 2.21. The molecule has 3 nitrogen and oxygen atoms in total. The minimum atomic E-state index is -0.176. The summed E-state index contributed by atoms with van der Waals surface area (Å²) in [4.78, 5) is 14.4. The lowest BCUT2D eigenvalue weighted by molar-refractivity contribution is -0.120. The zero-order valence-corrected chi connectivity index (χ0v) is 14.5. The molecule has 2 aromatic rings. The van der Waals surface area contributed by atoms with E-state index in [1.165, 1.54) is 11.1 Å². The molecule has 1 heterocycles. The number of anilines is 1. The topological polar surface area (TPSA) is 32.3 Å². The highest BCUT2D eigenvalue weighted by Crippen LogP contribution is 2.18. The van der Waals surface area contributed by atoms with E-state index < -0.39 is 0 Å². The Morgan fingerprint density at radius 2 is 1.86 bits per heavy atom. The van der Waals surface area contributed by atoms with Crippen LogP contribution in [0.1, 0.15) is 37.8 Å². The van der Waals surface area contributed by atoms with E-state index in [1.807, 2.05) is 26.1 Å². The number of benzene rings is 1. The molecule has 1 atom stereocenters. The molecular formula is C18H24N2OS. The SMILES string of the molecule is CC(C)c1ccc(NC(=O)[C@H](C)N(C)Cc2ccsc2)cc1. The lowest BCUT2D eigenvalue weighted by atomic mass is 10.0. The molecule has 1 amide bonds. The number of rotatable bonds is 6. The standard InChI is InChI=1S/C18H24N2OS/c1-13(2)16-5-7-17(8-6-16)19-18(21)14(3)20(4)11-15-9-10-22-12-15/h5-10,12-14H,11H2,1-4H3,(H,19,21)/t14-/m0/s1. The van der Waals surface area contributed by atoms with Crippen LogP contribution in [-0.2, 0) is 11.3 Å². The third-order valence-corrected chi connectivity index (χ3v) is 4.63. The molecule has 0 aliphatic carbocycles. The van der Waals surface area contributed by atoms with Crippen LogP contribution in [0.25, 0.3) is 0 Å². The lowest BCUT2D eigenvalue weighted by Gasteiger charge is -2.23. The largest absolute Gasteiger partial charge is 0.325 e. The second-order valence-electron chi connectivity index (χ2n) is 5.99. The Balaban J connectivity index is 1.92. The van der Waals surface area contributed by atoms with Crippen molar-refractivity contribution >= 4 is 22.9 Å². The van der Waals surface area contributed by atoms with Gasteiger partial charge in [0.25, 0.3) is 0 Å². The van der Waals surface area contributed by atoms with E-state index >= 15 is 0 Å². The van der Waals surface area contributed by atoms with Crippen LogP contribution in [0.2, 0.25) is 0 Å². The Bertz CT molecular complexity index is 590. The zero-order chi connectivity index (χ0) is 16.1. The first-order valence-electron chi connectivity index (χ1n) is 7.59. The van der Waals surface area contributed by atoms with E-state index in [0.717, 1.165) is 12.2 Å². The van der Waals surface area contributed by atoms with Crippen molar-refractivity contribution in [2.75, 3.05) is 12.4 Å². The maximum absolute atomic E-state index is 12.4. The molecule has 0 fully saturated rings. The number of nitrogens with zero attached hydrogens (tertiary/aromatic N) is 1. The Labute approximate surface area is 137 Å². The minimum absolute atomic E-state index is 0.0232. The van der Waals surface area contributed by atoms with E-state index in [1.54, 1.807) is 11.3 Å². The van der Waals surface area contributed by atoms with Crippen molar-refractivity contribution < 1.29 is 4.79 Å².